The smallest absolute Gasteiger partial charge is 0.192 e. The maximum absolute atomic E-state index is 5.50. The molecule has 2 aromatic heterocycles. The SMILES string of the molecule is Cc1nc2cc(NC(C)c3nnnn3-c3ccccc3)ccc2o1. The minimum atomic E-state index is -0.0781. The van der Waals surface area contributed by atoms with Gasteiger partial charge >= 0.3 is 0 Å². The zero-order valence-corrected chi connectivity index (χ0v) is 13.3. The second-order valence-electron chi connectivity index (χ2n) is 5.57. The van der Waals surface area contributed by atoms with Crippen molar-refractivity contribution in [3.05, 3.63) is 60.2 Å². The number of para-hydroxylation sites is 1. The van der Waals surface area contributed by atoms with Crippen molar-refractivity contribution in [2.24, 2.45) is 0 Å². The molecular formula is C17H16N6O. The van der Waals surface area contributed by atoms with E-state index in [4.69, 9.17) is 4.42 Å². The number of tetrazole rings is 1. The fraction of sp³-hybridized carbons (Fsp3) is 0.176. The van der Waals surface area contributed by atoms with Crippen LogP contribution in [0.1, 0.15) is 24.7 Å². The van der Waals surface area contributed by atoms with Crippen LogP contribution in [0.5, 0.6) is 0 Å². The van der Waals surface area contributed by atoms with Crippen molar-refractivity contribution >= 4 is 16.8 Å². The molecule has 120 valence electrons. The molecule has 4 rings (SSSR count). The van der Waals surface area contributed by atoms with Crippen LogP contribution in [0.2, 0.25) is 0 Å². The summed E-state index contributed by atoms with van der Waals surface area (Å²) in [4.78, 5) is 4.36. The van der Waals surface area contributed by atoms with E-state index >= 15 is 0 Å². The van der Waals surface area contributed by atoms with Gasteiger partial charge in [0.15, 0.2) is 17.3 Å². The van der Waals surface area contributed by atoms with Gasteiger partial charge in [0.25, 0.3) is 0 Å². The normalized spacial score (nSPS) is 12.4. The van der Waals surface area contributed by atoms with E-state index in [0.29, 0.717) is 5.89 Å². The Labute approximate surface area is 138 Å². The average Bonchev–Trinajstić information content (AvgIpc) is 3.21. The highest BCUT2D eigenvalue weighted by Crippen LogP contribution is 2.23. The molecule has 1 N–H and O–H groups in total. The lowest BCUT2D eigenvalue weighted by Crippen LogP contribution is -2.13. The van der Waals surface area contributed by atoms with Crippen LogP contribution >= 0.6 is 0 Å². The molecule has 7 heteroatoms. The van der Waals surface area contributed by atoms with E-state index in [1.54, 1.807) is 4.68 Å². The Hall–Kier alpha value is -3.22. The maximum Gasteiger partial charge on any atom is 0.192 e. The summed E-state index contributed by atoms with van der Waals surface area (Å²) in [5.41, 5.74) is 3.46. The first-order valence-corrected chi connectivity index (χ1v) is 7.68. The van der Waals surface area contributed by atoms with E-state index in [1.165, 1.54) is 0 Å². The summed E-state index contributed by atoms with van der Waals surface area (Å²) >= 11 is 0. The number of oxazole rings is 1. The van der Waals surface area contributed by atoms with Gasteiger partial charge in [-0.05, 0) is 47.7 Å². The number of hydrogen-bond donors (Lipinski definition) is 1. The molecule has 24 heavy (non-hydrogen) atoms. The molecule has 7 nitrogen and oxygen atoms in total. The summed E-state index contributed by atoms with van der Waals surface area (Å²) in [6.07, 6.45) is 0. The van der Waals surface area contributed by atoms with Gasteiger partial charge in [-0.3, -0.25) is 0 Å². The number of nitrogens with zero attached hydrogens (tertiary/aromatic N) is 5. The van der Waals surface area contributed by atoms with Crippen LogP contribution < -0.4 is 5.32 Å². The van der Waals surface area contributed by atoms with E-state index in [1.807, 2.05) is 62.4 Å². The molecule has 2 heterocycles. The quantitative estimate of drug-likeness (QED) is 0.621. The van der Waals surface area contributed by atoms with E-state index in [2.05, 4.69) is 25.8 Å². The molecule has 0 saturated carbocycles. The molecule has 0 amide bonds. The van der Waals surface area contributed by atoms with E-state index < -0.39 is 0 Å². The average molecular weight is 320 g/mol. The molecule has 0 aliphatic carbocycles. The lowest BCUT2D eigenvalue weighted by atomic mass is 10.2. The van der Waals surface area contributed by atoms with E-state index in [9.17, 15) is 0 Å². The number of nitrogens with one attached hydrogen (secondary N) is 1. The molecule has 1 atom stereocenters. The fourth-order valence-electron chi connectivity index (χ4n) is 2.66. The van der Waals surface area contributed by atoms with Crippen LogP contribution in [0.4, 0.5) is 5.69 Å². The first-order chi connectivity index (χ1) is 11.7. The number of fused-ring (bicyclic) bond motifs is 1. The third-order valence-electron chi connectivity index (χ3n) is 3.76. The van der Waals surface area contributed by atoms with Crippen molar-refractivity contribution in [2.75, 3.05) is 5.32 Å². The number of anilines is 1. The molecule has 0 fully saturated rings. The van der Waals surface area contributed by atoms with Gasteiger partial charge in [0, 0.05) is 12.6 Å². The molecule has 0 bridgehead atoms. The highest BCUT2D eigenvalue weighted by Gasteiger charge is 2.16. The van der Waals surface area contributed by atoms with Gasteiger partial charge in [0.1, 0.15) is 5.52 Å². The second kappa shape index (κ2) is 5.77. The highest BCUT2D eigenvalue weighted by atomic mass is 16.3. The molecule has 1 unspecified atom stereocenters. The number of rotatable bonds is 4. The third kappa shape index (κ3) is 2.60. The Morgan fingerprint density at radius 3 is 2.79 bits per heavy atom. The van der Waals surface area contributed by atoms with Crippen LogP contribution in [0.15, 0.2) is 52.9 Å². The summed E-state index contributed by atoms with van der Waals surface area (Å²) < 4.78 is 7.23. The standard InChI is InChI=1S/C17H16N6O/c1-11(17-20-21-22-23(17)14-6-4-3-5-7-14)18-13-8-9-16-15(10-13)19-12(2)24-16/h3-11,18H,1-2H3. The first kappa shape index (κ1) is 14.4. The largest absolute Gasteiger partial charge is 0.441 e. The van der Waals surface area contributed by atoms with Gasteiger partial charge < -0.3 is 9.73 Å². The Bertz CT molecular complexity index is 975. The number of aromatic nitrogens is 5. The highest BCUT2D eigenvalue weighted by molar-refractivity contribution is 5.77. The molecule has 0 aliphatic rings. The minimum absolute atomic E-state index is 0.0781. The van der Waals surface area contributed by atoms with Crippen LogP contribution in [0.3, 0.4) is 0 Å². The summed E-state index contributed by atoms with van der Waals surface area (Å²) in [7, 11) is 0. The van der Waals surface area contributed by atoms with Crippen LogP contribution in [0, 0.1) is 6.92 Å². The Balaban J connectivity index is 1.62. The number of hydrogen-bond acceptors (Lipinski definition) is 6. The van der Waals surface area contributed by atoms with Crippen LogP contribution in [-0.2, 0) is 0 Å². The molecule has 0 aliphatic heterocycles. The molecule has 0 spiro atoms. The second-order valence-corrected chi connectivity index (χ2v) is 5.57. The zero-order chi connectivity index (χ0) is 16.5. The Morgan fingerprint density at radius 2 is 1.96 bits per heavy atom. The summed E-state index contributed by atoms with van der Waals surface area (Å²) in [6, 6.07) is 15.6. The number of benzene rings is 2. The van der Waals surface area contributed by atoms with Gasteiger partial charge in [-0.15, -0.1) is 5.10 Å². The molecule has 4 aromatic rings. The van der Waals surface area contributed by atoms with Gasteiger partial charge in [-0.2, -0.15) is 4.68 Å². The van der Waals surface area contributed by atoms with Crippen molar-refractivity contribution in [1.29, 1.82) is 0 Å². The van der Waals surface area contributed by atoms with Crippen molar-refractivity contribution in [2.45, 2.75) is 19.9 Å². The van der Waals surface area contributed by atoms with Gasteiger partial charge in [0.2, 0.25) is 0 Å². The predicted octanol–water partition coefficient (Wildman–Crippen LogP) is 3.29. The lowest BCUT2D eigenvalue weighted by molar-refractivity contribution is 0.561. The topological polar surface area (TPSA) is 81.7 Å². The summed E-state index contributed by atoms with van der Waals surface area (Å²) in [6.45, 7) is 3.85. The van der Waals surface area contributed by atoms with Crippen molar-refractivity contribution in [3.63, 3.8) is 0 Å². The summed E-state index contributed by atoms with van der Waals surface area (Å²) in [5.74, 6) is 1.39. The molecular weight excluding hydrogens is 304 g/mol. The van der Waals surface area contributed by atoms with Gasteiger partial charge in [-0.1, -0.05) is 18.2 Å². The predicted molar refractivity (Wildman–Crippen MR) is 89.9 cm³/mol. The van der Waals surface area contributed by atoms with Crippen molar-refractivity contribution in [1.82, 2.24) is 25.2 Å². The van der Waals surface area contributed by atoms with Crippen molar-refractivity contribution in [3.8, 4) is 5.69 Å². The molecule has 2 aromatic carbocycles. The minimum Gasteiger partial charge on any atom is -0.441 e. The Morgan fingerprint density at radius 1 is 1.12 bits per heavy atom. The van der Waals surface area contributed by atoms with Crippen molar-refractivity contribution < 1.29 is 4.42 Å². The fourth-order valence-corrected chi connectivity index (χ4v) is 2.66. The van der Waals surface area contributed by atoms with Gasteiger partial charge in [0.05, 0.1) is 11.7 Å². The van der Waals surface area contributed by atoms with Crippen LogP contribution in [-0.4, -0.2) is 25.2 Å². The van der Waals surface area contributed by atoms with E-state index in [0.717, 1.165) is 28.3 Å². The third-order valence-corrected chi connectivity index (χ3v) is 3.76. The van der Waals surface area contributed by atoms with E-state index in [-0.39, 0.29) is 6.04 Å². The molecule has 0 radical (unpaired) electrons. The first-order valence-electron chi connectivity index (χ1n) is 7.68. The lowest BCUT2D eigenvalue weighted by Gasteiger charge is -2.14. The zero-order valence-electron chi connectivity index (χ0n) is 13.3. The maximum atomic E-state index is 5.50. The molecule has 0 saturated heterocycles. The van der Waals surface area contributed by atoms with Gasteiger partial charge in [-0.25, -0.2) is 4.98 Å². The Kier molecular flexibility index (Phi) is 3.45. The summed E-state index contributed by atoms with van der Waals surface area (Å²) in [5, 5.41) is 15.5. The van der Waals surface area contributed by atoms with Crippen LogP contribution in [0.25, 0.3) is 16.8 Å². The monoisotopic (exact) mass is 320 g/mol. The number of aryl methyl sites for hydroxylation is 1.